The first-order valence-electron chi connectivity index (χ1n) is 4.67. The van der Waals surface area contributed by atoms with Gasteiger partial charge in [-0.15, -0.1) is 0 Å². The van der Waals surface area contributed by atoms with Gasteiger partial charge in [-0.3, -0.25) is 0 Å². The Morgan fingerprint density at radius 3 is 2.92 bits per heavy atom. The predicted octanol–water partition coefficient (Wildman–Crippen LogP) is 2.56. The molecule has 0 aliphatic carbocycles. The normalized spacial score (nSPS) is 29.0. The average molecular weight is 170 g/mol. The monoisotopic (exact) mass is 170 g/mol. The summed E-state index contributed by atoms with van der Waals surface area (Å²) in [5.41, 5.74) is 0. The van der Waals surface area contributed by atoms with Crippen LogP contribution in [0.4, 0.5) is 0 Å². The lowest BCUT2D eigenvalue weighted by Gasteiger charge is -2.27. The summed E-state index contributed by atoms with van der Waals surface area (Å²) in [6, 6.07) is 0. The van der Waals surface area contributed by atoms with E-state index in [1.54, 1.807) is 6.26 Å². The molecule has 2 unspecified atom stereocenters. The van der Waals surface area contributed by atoms with Crippen molar-refractivity contribution < 1.29 is 9.47 Å². The average Bonchev–Trinajstić information content (AvgIpc) is 2.05. The highest BCUT2D eigenvalue weighted by Crippen LogP contribution is 2.24. The zero-order valence-electron chi connectivity index (χ0n) is 8.12. The molecular weight excluding hydrogens is 152 g/mol. The van der Waals surface area contributed by atoms with E-state index < -0.39 is 0 Å². The van der Waals surface area contributed by atoms with Crippen LogP contribution in [0, 0.1) is 11.8 Å². The Labute approximate surface area is 74.6 Å². The molecule has 1 heterocycles. The van der Waals surface area contributed by atoms with Gasteiger partial charge in [-0.1, -0.05) is 13.8 Å². The summed E-state index contributed by atoms with van der Waals surface area (Å²) in [7, 11) is 0. The van der Waals surface area contributed by atoms with Crippen molar-refractivity contribution >= 4 is 0 Å². The highest BCUT2D eigenvalue weighted by atomic mass is 16.7. The maximum absolute atomic E-state index is 5.39. The molecule has 12 heavy (non-hydrogen) atoms. The summed E-state index contributed by atoms with van der Waals surface area (Å²) in [6.45, 7) is 7.17. The maximum atomic E-state index is 5.39. The van der Waals surface area contributed by atoms with Crippen LogP contribution < -0.4 is 0 Å². The second-order valence-corrected chi connectivity index (χ2v) is 3.49. The Bertz CT molecular complexity index is 152. The van der Waals surface area contributed by atoms with E-state index in [1.807, 2.05) is 6.92 Å². The smallest absolute Gasteiger partial charge is 0.199 e. The second kappa shape index (κ2) is 4.51. The summed E-state index contributed by atoms with van der Waals surface area (Å²) in [5, 5.41) is 0. The molecule has 1 aliphatic heterocycles. The molecule has 0 bridgehead atoms. The molecular formula is C10H18O2. The molecule has 2 nitrogen and oxygen atoms in total. The van der Waals surface area contributed by atoms with Gasteiger partial charge >= 0.3 is 0 Å². The van der Waals surface area contributed by atoms with Crippen molar-refractivity contribution in [3.05, 3.63) is 12.3 Å². The van der Waals surface area contributed by atoms with Gasteiger partial charge in [0.25, 0.3) is 0 Å². The Hall–Kier alpha value is -0.500. The van der Waals surface area contributed by atoms with Crippen LogP contribution in [0.2, 0.25) is 0 Å². The molecule has 2 heteroatoms. The van der Waals surface area contributed by atoms with Crippen molar-refractivity contribution in [3.8, 4) is 0 Å². The number of hydrogen-bond donors (Lipinski definition) is 0. The summed E-state index contributed by atoms with van der Waals surface area (Å²) in [4.78, 5) is 0. The molecule has 0 saturated carbocycles. The first-order valence-corrected chi connectivity index (χ1v) is 4.67. The van der Waals surface area contributed by atoms with Crippen LogP contribution in [0.5, 0.6) is 0 Å². The Morgan fingerprint density at radius 2 is 2.33 bits per heavy atom. The van der Waals surface area contributed by atoms with Crippen molar-refractivity contribution in [2.75, 3.05) is 6.61 Å². The third-order valence-corrected chi connectivity index (χ3v) is 2.23. The van der Waals surface area contributed by atoms with Crippen LogP contribution in [0.25, 0.3) is 0 Å². The quantitative estimate of drug-likeness (QED) is 0.648. The Morgan fingerprint density at radius 1 is 1.58 bits per heavy atom. The van der Waals surface area contributed by atoms with E-state index in [1.165, 1.54) is 0 Å². The summed E-state index contributed by atoms with van der Waals surface area (Å²) >= 11 is 0. The van der Waals surface area contributed by atoms with E-state index >= 15 is 0 Å². The number of allylic oxidation sites excluding steroid dienone is 1. The van der Waals surface area contributed by atoms with Crippen LogP contribution in [-0.4, -0.2) is 12.9 Å². The minimum absolute atomic E-state index is 0.0209. The lowest BCUT2D eigenvalue weighted by Crippen LogP contribution is -2.24. The molecule has 0 aromatic heterocycles. The lowest BCUT2D eigenvalue weighted by molar-refractivity contribution is -0.121. The molecule has 70 valence electrons. The van der Waals surface area contributed by atoms with Crippen molar-refractivity contribution in [1.29, 1.82) is 0 Å². The van der Waals surface area contributed by atoms with Gasteiger partial charge in [0.05, 0.1) is 6.26 Å². The van der Waals surface area contributed by atoms with Gasteiger partial charge in [-0.2, -0.15) is 0 Å². The third kappa shape index (κ3) is 2.52. The van der Waals surface area contributed by atoms with Crippen LogP contribution >= 0.6 is 0 Å². The molecule has 0 amide bonds. The van der Waals surface area contributed by atoms with Gasteiger partial charge in [0.2, 0.25) is 0 Å². The van der Waals surface area contributed by atoms with E-state index in [9.17, 15) is 0 Å². The van der Waals surface area contributed by atoms with Gasteiger partial charge in [0.1, 0.15) is 0 Å². The SMILES string of the molecule is CCOC1CC(C(C)C)C=CO1. The van der Waals surface area contributed by atoms with Crippen molar-refractivity contribution in [2.45, 2.75) is 33.5 Å². The largest absolute Gasteiger partial charge is 0.473 e. The van der Waals surface area contributed by atoms with Gasteiger partial charge in [-0.05, 0) is 24.8 Å². The summed E-state index contributed by atoms with van der Waals surface area (Å²) < 4.78 is 10.7. The highest BCUT2D eigenvalue weighted by Gasteiger charge is 2.21. The molecule has 0 N–H and O–H groups in total. The minimum atomic E-state index is -0.0209. The van der Waals surface area contributed by atoms with Crippen LogP contribution in [0.3, 0.4) is 0 Å². The van der Waals surface area contributed by atoms with E-state index in [0.29, 0.717) is 11.8 Å². The van der Waals surface area contributed by atoms with Crippen LogP contribution in [-0.2, 0) is 9.47 Å². The van der Waals surface area contributed by atoms with Gasteiger partial charge in [0, 0.05) is 13.0 Å². The first kappa shape index (κ1) is 9.59. The number of hydrogen-bond acceptors (Lipinski definition) is 2. The van der Waals surface area contributed by atoms with Crippen molar-refractivity contribution in [2.24, 2.45) is 11.8 Å². The standard InChI is InChI=1S/C10H18O2/c1-4-11-10-7-9(8(2)3)5-6-12-10/h5-6,8-10H,4,7H2,1-3H3. The van der Waals surface area contributed by atoms with Gasteiger partial charge in [0.15, 0.2) is 6.29 Å². The Balaban J connectivity index is 2.40. The molecule has 1 rings (SSSR count). The van der Waals surface area contributed by atoms with E-state index in [-0.39, 0.29) is 6.29 Å². The molecule has 1 aliphatic rings. The molecule has 0 aromatic rings. The molecule has 0 fully saturated rings. The topological polar surface area (TPSA) is 18.5 Å². The Kier molecular flexibility index (Phi) is 3.60. The van der Waals surface area contributed by atoms with E-state index in [2.05, 4.69) is 19.9 Å². The molecule has 0 radical (unpaired) electrons. The number of rotatable bonds is 3. The first-order chi connectivity index (χ1) is 5.74. The summed E-state index contributed by atoms with van der Waals surface area (Å²) in [6.07, 6.45) is 4.86. The van der Waals surface area contributed by atoms with Gasteiger partial charge in [-0.25, -0.2) is 0 Å². The fourth-order valence-electron chi connectivity index (χ4n) is 1.38. The zero-order valence-corrected chi connectivity index (χ0v) is 8.12. The van der Waals surface area contributed by atoms with Crippen LogP contribution in [0.15, 0.2) is 12.3 Å². The van der Waals surface area contributed by atoms with Crippen molar-refractivity contribution in [3.63, 3.8) is 0 Å². The third-order valence-electron chi connectivity index (χ3n) is 2.23. The number of ether oxygens (including phenoxy) is 2. The minimum Gasteiger partial charge on any atom is -0.473 e. The zero-order chi connectivity index (χ0) is 8.97. The predicted molar refractivity (Wildman–Crippen MR) is 48.6 cm³/mol. The molecule has 0 saturated heterocycles. The fourth-order valence-corrected chi connectivity index (χ4v) is 1.38. The fraction of sp³-hybridized carbons (Fsp3) is 0.800. The van der Waals surface area contributed by atoms with E-state index in [4.69, 9.17) is 9.47 Å². The molecule has 0 aromatic carbocycles. The van der Waals surface area contributed by atoms with Crippen molar-refractivity contribution in [1.82, 2.24) is 0 Å². The second-order valence-electron chi connectivity index (χ2n) is 3.49. The summed E-state index contributed by atoms with van der Waals surface area (Å²) in [5.74, 6) is 1.28. The van der Waals surface area contributed by atoms with Crippen LogP contribution in [0.1, 0.15) is 27.2 Å². The van der Waals surface area contributed by atoms with E-state index in [0.717, 1.165) is 13.0 Å². The van der Waals surface area contributed by atoms with Gasteiger partial charge < -0.3 is 9.47 Å². The molecule has 2 atom stereocenters. The highest BCUT2D eigenvalue weighted by molar-refractivity contribution is 4.89. The molecule has 0 spiro atoms. The lowest BCUT2D eigenvalue weighted by atomic mass is 9.91. The maximum Gasteiger partial charge on any atom is 0.199 e.